The molecule has 0 spiro atoms. The molecule has 8 nitrogen and oxygen atoms in total. The molecule has 1 saturated heterocycles. The van der Waals surface area contributed by atoms with Crippen LogP contribution in [0.25, 0.3) is 17.0 Å². The number of methoxy groups -OCH3 is 1. The van der Waals surface area contributed by atoms with Crippen molar-refractivity contribution in [2.45, 2.75) is 6.04 Å². The van der Waals surface area contributed by atoms with E-state index < -0.39 is 0 Å². The summed E-state index contributed by atoms with van der Waals surface area (Å²) in [6.45, 7) is 1.12. The zero-order chi connectivity index (χ0) is 18.3. The summed E-state index contributed by atoms with van der Waals surface area (Å²) in [5.41, 5.74) is 1.33. The van der Waals surface area contributed by atoms with Crippen molar-refractivity contribution >= 4 is 40.8 Å². The summed E-state index contributed by atoms with van der Waals surface area (Å²) in [4.78, 5) is 13.0. The van der Waals surface area contributed by atoms with E-state index >= 15 is 0 Å². The molecule has 0 radical (unpaired) electrons. The van der Waals surface area contributed by atoms with Crippen LogP contribution in [-0.4, -0.2) is 57.0 Å². The number of carbonyl (C=O) groups excluding carboxylic acids is 1. The third-order valence-electron chi connectivity index (χ3n) is 4.05. The maximum absolute atomic E-state index is 11.4. The largest absolute Gasteiger partial charge is 0.453 e. The Morgan fingerprint density at radius 2 is 1.92 bits per heavy atom. The van der Waals surface area contributed by atoms with Gasteiger partial charge in [-0.3, -0.25) is 0 Å². The lowest BCUT2D eigenvalue weighted by atomic mass is 10.1. The summed E-state index contributed by atoms with van der Waals surface area (Å²) < 4.78 is 6.31. The van der Waals surface area contributed by atoms with Crippen LogP contribution in [0.3, 0.4) is 0 Å². The number of aromatic nitrogens is 4. The molecule has 2 aromatic heterocycles. The number of rotatable bonds is 3. The fourth-order valence-electron chi connectivity index (χ4n) is 2.79. The Hall–Kier alpha value is -2.58. The lowest BCUT2D eigenvalue weighted by molar-refractivity contribution is 0.0929. The average Bonchev–Trinajstić information content (AvgIpc) is 2.99. The minimum Gasteiger partial charge on any atom is -0.453 e. The van der Waals surface area contributed by atoms with Gasteiger partial charge in [-0.1, -0.05) is 23.2 Å². The van der Waals surface area contributed by atoms with E-state index in [1.54, 1.807) is 27.6 Å². The minimum absolute atomic E-state index is 0.111. The molecular weight excluding hydrogens is 379 g/mol. The number of likely N-dealkylation sites (tertiary alicyclic amines) is 1. The molecule has 0 atom stereocenters. The number of amides is 1. The number of nitrogens with one attached hydrogen (secondary N) is 1. The molecule has 3 heterocycles. The van der Waals surface area contributed by atoms with E-state index in [1.165, 1.54) is 7.11 Å². The van der Waals surface area contributed by atoms with Crippen LogP contribution in [0.4, 0.5) is 10.6 Å². The quantitative estimate of drug-likeness (QED) is 0.737. The number of fused-ring (bicyclic) bond motifs is 1. The molecule has 0 unspecified atom stereocenters. The first kappa shape index (κ1) is 16.9. The summed E-state index contributed by atoms with van der Waals surface area (Å²) in [6, 6.07) is 8.91. The van der Waals surface area contributed by atoms with Crippen LogP contribution in [0.15, 0.2) is 30.3 Å². The van der Waals surface area contributed by atoms with Crippen molar-refractivity contribution in [2.24, 2.45) is 0 Å². The van der Waals surface area contributed by atoms with Gasteiger partial charge in [0.05, 0.1) is 13.2 Å². The molecule has 1 aliphatic rings. The first-order chi connectivity index (χ1) is 12.5. The highest BCUT2D eigenvalue weighted by molar-refractivity contribution is 6.35. The van der Waals surface area contributed by atoms with E-state index in [0.29, 0.717) is 40.4 Å². The molecule has 26 heavy (non-hydrogen) atoms. The van der Waals surface area contributed by atoms with E-state index in [-0.39, 0.29) is 12.1 Å². The Morgan fingerprint density at radius 3 is 2.62 bits per heavy atom. The summed E-state index contributed by atoms with van der Waals surface area (Å²) in [6.07, 6.45) is -0.328. The fraction of sp³-hybridized carbons (Fsp3) is 0.250. The Kier molecular flexibility index (Phi) is 4.29. The number of hydrogen-bond donors (Lipinski definition) is 1. The van der Waals surface area contributed by atoms with Crippen LogP contribution in [0, 0.1) is 0 Å². The number of anilines is 1. The van der Waals surface area contributed by atoms with Crippen LogP contribution >= 0.6 is 23.2 Å². The summed E-state index contributed by atoms with van der Waals surface area (Å²) in [5.74, 6) is 1.19. The van der Waals surface area contributed by atoms with Crippen molar-refractivity contribution in [3.63, 3.8) is 0 Å². The van der Waals surface area contributed by atoms with Crippen LogP contribution in [0.5, 0.6) is 0 Å². The normalized spacial score (nSPS) is 14.3. The topological polar surface area (TPSA) is 84.6 Å². The summed E-state index contributed by atoms with van der Waals surface area (Å²) in [7, 11) is 1.37. The van der Waals surface area contributed by atoms with E-state index in [2.05, 4.69) is 25.3 Å². The van der Waals surface area contributed by atoms with Gasteiger partial charge in [0, 0.05) is 28.7 Å². The Labute approximate surface area is 158 Å². The van der Waals surface area contributed by atoms with Crippen LogP contribution in [0.1, 0.15) is 0 Å². The zero-order valence-electron chi connectivity index (χ0n) is 13.7. The van der Waals surface area contributed by atoms with Gasteiger partial charge in [-0.2, -0.15) is 4.52 Å². The van der Waals surface area contributed by atoms with E-state index in [9.17, 15) is 4.79 Å². The Morgan fingerprint density at radius 1 is 1.19 bits per heavy atom. The number of nitrogens with zero attached hydrogens (tertiary/aromatic N) is 5. The van der Waals surface area contributed by atoms with E-state index in [0.717, 1.165) is 5.56 Å². The maximum atomic E-state index is 11.4. The monoisotopic (exact) mass is 392 g/mol. The standard InChI is InChI=1S/C16H14Cl2N6O2/c1-26-16(25)23-7-12(8-23)19-13-2-3-14-20-21-15(24(14)22-13)9-4-10(17)6-11(18)5-9/h2-6,12H,7-8H2,1H3,(H,19,22). The zero-order valence-corrected chi connectivity index (χ0v) is 15.2. The van der Waals surface area contributed by atoms with Crippen molar-refractivity contribution in [3.05, 3.63) is 40.4 Å². The summed E-state index contributed by atoms with van der Waals surface area (Å²) >= 11 is 12.2. The van der Waals surface area contributed by atoms with Crippen molar-refractivity contribution in [2.75, 3.05) is 25.5 Å². The first-order valence-electron chi connectivity index (χ1n) is 7.82. The van der Waals surface area contributed by atoms with Crippen molar-refractivity contribution in [3.8, 4) is 11.4 Å². The number of ether oxygens (including phenoxy) is 1. The molecule has 0 saturated carbocycles. The maximum Gasteiger partial charge on any atom is 0.409 e. The Bertz CT molecular complexity index is 966. The SMILES string of the molecule is COC(=O)N1CC(Nc2ccc3nnc(-c4cc(Cl)cc(Cl)c4)n3n2)C1. The first-order valence-corrected chi connectivity index (χ1v) is 8.57. The van der Waals surface area contributed by atoms with Gasteiger partial charge in [0.25, 0.3) is 0 Å². The molecule has 0 bridgehead atoms. The fourth-order valence-corrected chi connectivity index (χ4v) is 3.31. The smallest absolute Gasteiger partial charge is 0.409 e. The molecule has 134 valence electrons. The van der Waals surface area contributed by atoms with Gasteiger partial charge in [-0.05, 0) is 30.3 Å². The van der Waals surface area contributed by atoms with Gasteiger partial charge >= 0.3 is 6.09 Å². The summed E-state index contributed by atoms with van der Waals surface area (Å²) in [5, 5.41) is 17.2. The highest BCUT2D eigenvalue weighted by Crippen LogP contribution is 2.26. The third-order valence-corrected chi connectivity index (χ3v) is 4.49. The second-order valence-electron chi connectivity index (χ2n) is 5.89. The number of hydrogen-bond acceptors (Lipinski definition) is 6. The van der Waals surface area contributed by atoms with Crippen LogP contribution < -0.4 is 5.32 Å². The lowest BCUT2D eigenvalue weighted by Crippen LogP contribution is -2.57. The third kappa shape index (κ3) is 3.13. The molecule has 4 rings (SSSR count). The second kappa shape index (κ2) is 6.62. The van der Waals surface area contributed by atoms with Crippen molar-refractivity contribution < 1.29 is 9.53 Å². The van der Waals surface area contributed by atoms with Gasteiger partial charge in [0.2, 0.25) is 0 Å². The lowest BCUT2D eigenvalue weighted by Gasteiger charge is -2.38. The minimum atomic E-state index is -0.328. The predicted octanol–water partition coefficient (Wildman–Crippen LogP) is 2.96. The number of carbonyl (C=O) groups is 1. The van der Waals surface area contributed by atoms with Crippen LogP contribution in [0.2, 0.25) is 10.0 Å². The molecule has 1 aromatic carbocycles. The van der Waals surface area contributed by atoms with E-state index in [4.69, 9.17) is 23.2 Å². The van der Waals surface area contributed by atoms with Crippen LogP contribution in [-0.2, 0) is 4.74 Å². The Balaban J connectivity index is 1.58. The molecule has 1 amide bonds. The molecular formula is C16H14Cl2N6O2. The second-order valence-corrected chi connectivity index (χ2v) is 6.76. The predicted molar refractivity (Wildman–Crippen MR) is 97.6 cm³/mol. The average molecular weight is 393 g/mol. The van der Waals surface area contributed by atoms with E-state index in [1.807, 2.05) is 12.1 Å². The highest BCUT2D eigenvalue weighted by Gasteiger charge is 2.31. The van der Waals surface area contributed by atoms with Gasteiger partial charge in [-0.15, -0.1) is 15.3 Å². The molecule has 3 aromatic rings. The molecule has 1 N–H and O–H groups in total. The molecule has 0 aliphatic carbocycles. The number of halogens is 2. The molecule has 10 heteroatoms. The van der Waals surface area contributed by atoms with Crippen molar-refractivity contribution in [1.82, 2.24) is 24.7 Å². The van der Waals surface area contributed by atoms with Gasteiger partial charge in [0.15, 0.2) is 11.5 Å². The highest BCUT2D eigenvalue weighted by atomic mass is 35.5. The van der Waals surface area contributed by atoms with Crippen molar-refractivity contribution in [1.29, 1.82) is 0 Å². The molecule has 1 aliphatic heterocycles. The molecule has 1 fully saturated rings. The van der Waals surface area contributed by atoms with Gasteiger partial charge < -0.3 is 15.0 Å². The van der Waals surface area contributed by atoms with Gasteiger partial charge in [-0.25, -0.2) is 4.79 Å². The van der Waals surface area contributed by atoms with Gasteiger partial charge in [0.1, 0.15) is 5.82 Å². The number of benzene rings is 1.